The Morgan fingerprint density at radius 3 is 1.90 bits per heavy atom. The lowest BCUT2D eigenvalue weighted by Crippen LogP contribution is -2.00. The normalized spacial score (nSPS) is 10.4. The Hall–Kier alpha value is -2.39. The van der Waals surface area contributed by atoms with E-state index >= 15 is 0 Å². The maximum absolute atomic E-state index is 6.14. The molecule has 3 rings (SSSR count). The van der Waals surface area contributed by atoms with Gasteiger partial charge in [-0.05, 0) is 0 Å². The summed E-state index contributed by atoms with van der Waals surface area (Å²) >= 11 is 6.14. The van der Waals surface area contributed by atoms with Gasteiger partial charge in [0.15, 0.2) is 11.0 Å². The molecule has 98 valence electrons. The van der Waals surface area contributed by atoms with Crippen LogP contribution in [0.4, 0.5) is 5.69 Å². The average molecular weight is 282 g/mol. The molecule has 0 radical (unpaired) electrons. The molecule has 0 aliphatic heterocycles. The number of halogens is 1. The van der Waals surface area contributed by atoms with Crippen molar-refractivity contribution in [2.75, 3.05) is 5.73 Å². The molecule has 2 N–H and O–H groups in total. The minimum Gasteiger partial charge on any atom is -0.394 e. The summed E-state index contributed by atoms with van der Waals surface area (Å²) in [6.45, 7) is 0. The van der Waals surface area contributed by atoms with Crippen molar-refractivity contribution in [1.82, 2.24) is 9.97 Å². The summed E-state index contributed by atoms with van der Waals surface area (Å²) in [5.41, 5.74) is 8.89. The molecule has 4 heteroatoms. The minimum atomic E-state index is 0.276. The fraction of sp³-hybridized carbons (Fsp3) is 0. The van der Waals surface area contributed by atoms with Gasteiger partial charge in [0.05, 0.1) is 11.4 Å². The van der Waals surface area contributed by atoms with Crippen molar-refractivity contribution in [3.63, 3.8) is 0 Å². The van der Waals surface area contributed by atoms with Crippen molar-refractivity contribution < 1.29 is 0 Å². The first-order valence-corrected chi connectivity index (χ1v) is 6.57. The van der Waals surface area contributed by atoms with Crippen LogP contribution in [0.25, 0.3) is 22.6 Å². The van der Waals surface area contributed by atoms with Crippen molar-refractivity contribution in [3.8, 4) is 22.6 Å². The average Bonchev–Trinajstić information content (AvgIpc) is 2.51. The van der Waals surface area contributed by atoms with E-state index in [1.807, 2.05) is 60.7 Å². The summed E-state index contributed by atoms with van der Waals surface area (Å²) in [5, 5.41) is 0.276. The lowest BCUT2D eigenvalue weighted by molar-refractivity contribution is 1.18. The molecule has 2 aromatic carbocycles. The predicted octanol–water partition coefficient (Wildman–Crippen LogP) is 4.05. The number of hydrogen-bond acceptors (Lipinski definition) is 3. The van der Waals surface area contributed by atoms with Gasteiger partial charge in [-0.25, -0.2) is 9.97 Å². The van der Waals surface area contributed by atoms with E-state index in [-0.39, 0.29) is 5.15 Å². The van der Waals surface area contributed by atoms with Crippen LogP contribution in [0, 0.1) is 0 Å². The summed E-state index contributed by atoms with van der Waals surface area (Å²) in [7, 11) is 0. The van der Waals surface area contributed by atoms with Gasteiger partial charge in [0.25, 0.3) is 0 Å². The Morgan fingerprint density at radius 2 is 1.30 bits per heavy atom. The number of nitrogen functional groups attached to an aromatic ring is 1. The van der Waals surface area contributed by atoms with E-state index in [9.17, 15) is 0 Å². The molecule has 0 spiro atoms. The van der Waals surface area contributed by atoms with E-state index < -0.39 is 0 Å². The standard InChI is InChI=1S/C16H12ClN3/c17-15-13(18)14(11-7-3-1-4-8-11)19-16(20-15)12-9-5-2-6-10-12/h1-10H,18H2. The number of benzene rings is 2. The highest BCUT2D eigenvalue weighted by molar-refractivity contribution is 6.32. The molecular weight excluding hydrogens is 270 g/mol. The third-order valence-electron chi connectivity index (χ3n) is 2.98. The topological polar surface area (TPSA) is 51.8 Å². The zero-order valence-electron chi connectivity index (χ0n) is 10.6. The smallest absolute Gasteiger partial charge is 0.161 e. The lowest BCUT2D eigenvalue weighted by atomic mass is 10.1. The summed E-state index contributed by atoms with van der Waals surface area (Å²) in [4.78, 5) is 8.81. The van der Waals surface area contributed by atoms with Crippen molar-refractivity contribution in [2.45, 2.75) is 0 Å². The van der Waals surface area contributed by atoms with Crippen molar-refractivity contribution in [2.24, 2.45) is 0 Å². The van der Waals surface area contributed by atoms with E-state index in [0.29, 0.717) is 17.2 Å². The maximum Gasteiger partial charge on any atom is 0.161 e. The highest BCUT2D eigenvalue weighted by Crippen LogP contribution is 2.31. The van der Waals surface area contributed by atoms with E-state index in [2.05, 4.69) is 9.97 Å². The van der Waals surface area contributed by atoms with Crippen molar-refractivity contribution in [3.05, 3.63) is 65.8 Å². The monoisotopic (exact) mass is 281 g/mol. The number of anilines is 1. The first kappa shape index (κ1) is 12.6. The molecule has 0 unspecified atom stereocenters. The Morgan fingerprint density at radius 1 is 0.750 bits per heavy atom. The first-order chi connectivity index (χ1) is 9.75. The molecule has 0 bridgehead atoms. The zero-order valence-corrected chi connectivity index (χ0v) is 11.4. The second-order valence-electron chi connectivity index (χ2n) is 4.33. The number of aromatic nitrogens is 2. The van der Waals surface area contributed by atoms with Crippen LogP contribution in [0.3, 0.4) is 0 Å². The van der Waals surface area contributed by atoms with E-state index in [1.165, 1.54) is 0 Å². The molecule has 1 aromatic heterocycles. The summed E-state index contributed by atoms with van der Waals surface area (Å²) in [6.07, 6.45) is 0. The molecule has 1 heterocycles. The van der Waals surface area contributed by atoms with Gasteiger partial charge in [-0.1, -0.05) is 72.3 Å². The van der Waals surface area contributed by atoms with Gasteiger partial charge in [0, 0.05) is 11.1 Å². The summed E-state index contributed by atoms with van der Waals surface area (Å²) in [5.74, 6) is 0.573. The molecular formula is C16H12ClN3. The quantitative estimate of drug-likeness (QED) is 0.721. The highest BCUT2D eigenvalue weighted by atomic mass is 35.5. The zero-order chi connectivity index (χ0) is 13.9. The maximum atomic E-state index is 6.14. The van der Waals surface area contributed by atoms with Crippen LogP contribution in [0.1, 0.15) is 0 Å². The van der Waals surface area contributed by atoms with Gasteiger partial charge in [0.2, 0.25) is 0 Å². The molecule has 0 amide bonds. The SMILES string of the molecule is Nc1c(Cl)nc(-c2ccccc2)nc1-c1ccccc1. The summed E-state index contributed by atoms with van der Waals surface area (Å²) in [6, 6.07) is 19.4. The van der Waals surface area contributed by atoms with Crippen LogP contribution in [-0.4, -0.2) is 9.97 Å². The number of rotatable bonds is 2. The number of nitrogens with zero attached hydrogens (tertiary/aromatic N) is 2. The largest absolute Gasteiger partial charge is 0.394 e. The minimum absolute atomic E-state index is 0.276. The second kappa shape index (κ2) is 5.31. The molecule has 0 atom stereocenters. The Bertz CT molecular complexity index is 727. The molecule has 0 aliphatic rings. The number of hydrogen-bond donors (Lipinski definition) is 1. The van der Waals surface area contributed by atoms with E-state index in [4.69, 9.17) is 17.3 Å². The van der Waals surface area contributed by atoms with Gasteiger partial charge in [0.1, 0.15) is 0 Å². The Labute approximate surface area is 122 Å². The fourth-order valence-corrected chi connectivity index (χ4v) is 2.14. The van der Waals surface area contributed by atoms with Crippen LogP contribution < -0.4 is 5.73 Å². The second-order valence-corrected chi connectivity index (χ2v) is 4.69. The number of nitrogens with two attached hydrogens (primary N) is 1. The molecule has 0 fully saturated rings. The van der Waals surface area contributed by atoms with Crippen molar-refractivity contribution >= 4 is 17.3 Å². The van der Waals surface area contributed by atoms with Crippen LogP contribution >= 0.6 is 11.6 Å². The molecule has 20 heavy (non-hydrogen) atoms. The van der Waals surface area contributed by atoms with Gasteiger partial charge in [-0.2, -0.15) is 0 Å². The van der Waals surface area contributed by atoms with Gasteiger partial charge in [-0.3, -0.25) is 0 Å². The fourth-order valence-electron chi connectivity index (χ4n) is 1.97. The van der Waals surface area contributed by atoms with Gasteiger partial charge >= 0.3 is 0 Å². The van der Waals surface area contributed by atoms with Crippen molar-refractivity contribution in [1.29, 1.82) is 0 Å². The van der Waals surface area contributed by atoms with E-state index in [0.717, 1.165) is 11.1 Å². The van der Waals surface area contributed by atoms with Gasteiger partial charge < -0.3 is 5.73 Å². The predicted molar refractivity (Wildman–Crippen MR) is 82.3 cm³/mol. The van der Waals surface area contributed by atoms with Gasteiger partial charge in [-0.15, -0.1) is 0 Å². The van der Waals surface area contributed by atoms with E-state index in [1.54, 1.807) is 0 Å². The Kier molecular flexibility index (Phi) is 3.35. The Balaban J connectivity index is 2.19. The molecule has 0 aliphatic carbocycles. The lowest BCUT2D eigenvalue weighted by Gasteiger charge is -2.09. The molecule has 0 saturated carbocycles. The summed E-state index contributed by atoms with van der Waals surface area (Å²) < 4.78 is 0. The van der Waals surface area contributed by atoms with Crippen LogP contribution in [-0.2, 0) is 0 Å². The first-order valence-electron chi connectivity index (χ1n) is 6.19. The third-order valence-corrected chi connectivity index (χ3v) is 3.27. The van der Waals surface area contributed by atoms with Crippen LogP contribution in [0.2, 0.25) is 5.15 Å². The van der Waals surface area contributed by atoms with Crippen LogP contribution in [0.5, 0.6) is 0 Å². The molecule has 3 nitrogen and oxygen atoms in total. The van der Waals surface area contributed by atoms with Crippen LogP contribution in [0.15, 0.2) is 60.7 Å². The molecule has 0 saturated heterocycles. The highest BCUT2D eigenvalue weighted by Gasteiger charge is 2.12. The third kappa shape index (κ3) is 2.36. The molecule has 3 aromatic rings.